The molecule has 4 unspecified atom stereocenters. The highest BCUT2D eigenvalue weighted by molar-refractivity contribution is 7.47. The van der Waals surface area contributed by atoms with Crippen molar-refractivity contribution in [2.75, 3.05) is 24.7 Å². The second kappa shape index (κ2) is 10.9. The molecule has 6 heterocycles. The second-order valence-electron chi connectivity index (χ2n) is 10.7. The van der Waals surface area contributed by atoms with Gasteiger partial charge in [0.25, 0.3) is 5.56 Å². The largest absolute Gasteiger partial charge is 0.472 e. The summed E-state index contributed by atoms with van der Waals surface area (Å²) in [5.74, 6) is -1.24. The van der Waals surface area contributed by atoms with Crippen molar-refractivity contribution >= 4 is 49.6 Å². The minimum absolute atomic E-state index is 0.00945. The maximum absolute atomic E-state index is 15.9. The van der Waals surface area contributed by atoms with E-state index in [1.165, 1.54) is 34.1 Å². The smallest absolute Gasteiger partial charge is 0.397 e. The van der Waals surface area contributed by atoms with E-state index in [0.717, 1.165) is 0 Å². The Morgan fingerprint density at radius 1 is 0.978 bits per heavy atom. The third-order valence-corrected chi connectivity index (χ3v) is 9.91. The van der Waals surface area contributed by atoms with Crippen LogP contribution in [0.25, 0.3) is 22.3 Å². The molecule has 3 aliphatic rings. The topological polar surface area (TPSA) is 287 Å². The van der Waals surface area contributed by atoms with Gasteiger partial charge in [-0.15, -0.1) is 0 Å². The van der Waals surface area contributed by atoms with E-state index < -0.39 is 83.2 Å². The summed E-state index contributed by atoms with van der Waals surface area (Å²) in [5, 5.41) is 11.2. The lowest BCUT2D eigenvalue weighted by Crippen LogP contribution is -2.36. The normalized spacial score (nSPS) is 37.7. The summed E-state index contributed by atoms with van der Waals surface area (Å²) in [6, 6.07) is 0.516. The van der Waals surface area contributed by atoms with Crippen molar-refractivity contribution in [2.24, 2.45) is 5.92 Å². The van der Waals surface area contributed by atoms with Crippen molar-refractivity contribution < 1.29 is 51.2 Å². The molecule has 7 rings (SSSR count). The molecule has 20 nitrogen and oxygen atoms in total. The number of nitrogens with two attached hydrogens (primary N) is 2. The van der Waals surface area contributed by atoms with Gasteiger partial charge in [0.2, 0.25) is 5.95 Å². The zero-order chi connectivity index (χ0) is 31.8. The second-order valence-corrected chi connectivity index (χ2v) is 13.5. The van der Waals surface area contributed by atoms with Crippen LogP contribution in [0.5, 0.6) is 0 Å². The number of aromatic amines is 1. The number of nitrogens with one attached hydrogen (secondary N) is 1. The summed E-state index contributed by atoms with van der Waals surface area (Å²) in [6.07, 6.45) is -6.38. The number of nitrogen functional groups attached to an aromatic ring is 2. The molecule has 4 aromatic heterocycles. The molecule has 2 aliphatic heterocycles. The Bertz CT molecular complexity index is 1940. The van der Waals surface area contributed by atoms with Gasteiger partial charge in [0.1, 0.15) is 29.9 Å². The Hall–Kier alpha value is -3.36. The Morgan fingerprint density at radius 3 is 2.44 bits per heavy atom. The molecule has 4 aromatic rings. The number of hydrogen-bond acceptors (Lipinski definition) is 15. The van der Waals surface area contributed by atoms with E-state index in [1.807, 2.05) is 0 Å². The number of aliphatic hydroxyl groups is 1. The number of H-pyrrole nitrogens is 1. The van der Waals surface area contributed by atoms with Crippen LogP contribution >= 0.6 is 15.6 Å². The Morgan fingerprint density at radius 2 is 1.67 bits per heavy atom. The lowest BCUT2D eigenvalue weighted by atomic mass is 10.1. The Labute approximate surface area is 250 Å². The number of ether oxygens (including phenoxy) is 1. The summed E-state index contributed by atoms with van der Waals surface area (Å²) in [5.41, 5.74) is 11.5. The minimum Gasteiger partial charge on any atom is -0.397 e. The molecule has 1 aliphatic carbocycles. The third-order valence-electron chi connectivity index (χ3n) is 7.94. The Balaban J connectivity index is 1.17. The van der Waals surface area contributed by atoms with E-state index in [2.05, 4.69) is 24.9 Å². The van der Waals surface area contributed by atoms with E-state index >= 15 is 4.39 Å². The molecule has 0 amide bonds. The van der Waals surface area contributed by atoms with Gasteiger partial charge in [0.15, 0.2) is 29.2 Å². The molecule has 1 saturated carbocycles. The van der Waals surface area contributed by atoms with Crippen molar-refractivity contribution in [3.05, 3.63) is 35.3 Å². The van der Waals surface area contributed by atoms with Crippen LogP contribution in [0.3, 0.4) is 0 Å². The molecule has 45 heavy (non-hydrogen) atoms. The number of halogens is 1. The predicted octanol–water partition coefficient (Wildman–Crippen LogP) is -0.0957. The number of rotatable bonds is 2. The summed E-state index contributed by atoms with van der Waals surface area (Å²) in [7, 11) is -10.0. The highest BCUT2D eigenvalue weighted by Crippen LogP contribution is 2.55. The van der Waals surface area contributed by atoms with Gasteiger partial charge in [-0.3, -0.25) is 32.4 Å². The van der Waals surface area contributed by atoms with Gasteiger partial charge < -0.3 is 35.7 Å². The number of phosphoric acid groups is 2. The van der Waals surface area contributed by atoms with Gasteiger partial charge in [-0.2, -0.15) is 4.98 Å². The van der Waals surface area contributed by atoms with Crippen LogP contribution < -0.4 is 17.0 Å². The van der Waals surface area contributed by atoms with Crippen molar-refractivity contribution in [2.45, 2.75) is 49.3 Å². The van der Waals surface area contributed by atoms with Crippen LogP contribution in [-0.4, -0.2) is 92.7 Å². The number of pyridine rings is 1. The fourth-order valence-corrected chi connectivity index (χ4v) is 7.90. The lowest BCUT2D eigenvalue weighted by Gasteiger charge is -2.28. The lowest BCUT2D eigenvalue weighted by molar-refractivity contribution is -0.0592. The quantitative estimate of drug-likeness (QED) is 0.151. The molecule has 10 atom stereocenters. The first-order valence-corrected chi connectivity index (χ1v) is 16.4. The van der Waals surface area contributed by atoms with Crippen LogP contribution in [0.4, 0.5) is 16.0 Å². The minimum atomic E-state index is -5.04. The van der Waals surface area contributed by atoms with E-state index in [1.54, 1.807) is 0 Å². The molecular formula is C22H26FN9O11P2. The molecule has 2 saturated heterocycles. The highest BCUT2D eigenvalue weighted by atomic mass is 31.2. The summed E-state index contributed by atoms with van der Waals surface area (Å²) in [4.78, 5) is 52.1. The average molecular weight is 673 g/mol. The highest BCUT2D eigenvalue weighted by Gasteiger charge is 2.54. The van der Waals surface area contributed by atoms with Gasteiger partial charge in [0, 0.05) is 12.1 Å². The number of imidazole rings is 2. The van der Waals surface area contributed by atoms with Crippen LogP contribution in [0.15, 0.2) is 29.7 Å². The first-order chi connectivity index (χ1) is 21.3. The van der Waals surface area contributed by atoms with E-state index in [0.29, 0.717) is 0 Å². The maximum atomic E-state index is 15.9. The van der Waals surface area contributed by atoms with Crippen molar-refractivity contribution in [3.8, 4) is 0 Å². The van der Waals surface area contributed by atoms with Gasteiger partial charge in [-0.1, -0.05) is 0 Å². The number of aliphatic hydroxyl groups excluding tert-OH is 1. The number of alkyl halides is 1. The maximum Gasteiger partial charge on any atom is 0.472 e. The first-order valence-electron chi connectivity index (χ1n) is 13.4. The monoisotopic (exact) mass is 673 g/mol. The molecule has 3 fully saturated rings. The van der Waals surface area contributed by atoms with E-state index in [4.69, 9.17) is 34.3 Å². The molecule has 0 bridgehead atoms. The van der Waals surface area contributed by atoms with Crippen LogP contribution in [-0.2, 0) is 32.0 Å². The predicted molar refractivity (Wildman–Crippen MR) is 148 cm³/mol. The third kappa shape index (κ3) is 5.34. The summed E-state index contributed by atoms with van der Waals surface area (Å²) < 4.78 is 71.2. The van der Waals surface area contributed by atoms with Crippen molar-refractivity contribution in [3.63, 3.8) is 0 Å². The molecule has 0 aromatic carbocycles. The summed E-state index contributed by atoms with van der Waals surface area (Å²) in [6.45, 7) is -1.49. The Kier molecular flexibility index (Phi) is 7.32. The SMILES string of the molecule is Nc1nc2c(ncn2[C@@H]2C[C@@H]3COP(=O)(O)O[C@@H]4C(F)[C@H](n5cnc6c(N)ccnc65)O[C@@H]4COP(=O)(O)O[C@@H]3C2O)c(=O)[nH]1. The number of nitrogens with zero attached hydrogens (tertiary/aromatic N) is 6. The van der Waals surface area contributed by atoms with Crippen LogP contribution in [0.2, 0.25) is 0 Å². The molecule has 0 spiro atoms. The number of fused-ring (bicyclic) bond motifs is 4. The standard InChI is InChI=1S/C22H26FN9O11P2/c23-12-17-11(41-21(12)32-7-27-13-9(24)1-2-26-18(13)32)5-40-45(37,38)42-16-8(4-39-44(35,36)43-17)3-10(15(16)33)31-6-28-14-19(31)29-22(25)30-20(14)34/h1-2,6-8,10-12,15-17,21,33H,3-5H2,(H2,24,26)(H,35,36)(H,37,38)(H3,25,29,30,34)/t8-,10-,11-,12?,15?,16+,17+,21-/m1/s1. The molecule has 0 radical (unpaired) electrons. The zero-order valence-corrected chi connectivity index (χ0v) is 24.6. The number of phosphoric ester groups is 2. The number of hydrogen-bond donors (Lipinski definition) is 6. The van der Waals surface area contributed by atoms with Crippen molar-refractivity contribution in [1.29, 1.82) is 0 Å². The first kappa shape index (κ1) is 30.3. The molecule has 23 heteroatoms. The molecule has 8 N–H and O–H groups in total. The number of aromatic nitrogens is 7. The van der Waals surface area contributed by atoms with Crippen LogP contribution in [0, 0.1) is 5.92 Å². The number of anilines is 2. The fraction of sp³-hybridized carbons (Fsp3) is 0.500. The van der Waals surface area contributed by atoms with Gasteiger partial charge in [0.05, 0.1) is 37.6 Å². The summed E-state index contributed by atoms with van der Waals surface area (Å²) >= 11 is 0. The van der Waals surface area contributed by atoms with Crippen molar-refractivity contribution in [1.82, 2.24) is 34.1 Å². The molecule has 242 valence electrons. The van der Waals surface area contributed by atoms with Crippen LogP contribution in [0.1, 0.15) is 18.7 Å². The van der Waals surface area contributed by atoms with Gasteiger partial charge >= 0.3 is 15.6 Å². The average Bonchev–Trinajstić information content (AvgIpc) is 3.72. The fourth-order valence-electron chi connectivity index (χ4n) is 5.90. The van der Waals surface area contributed by atoms with E-state index in [9.17, 15) is 28.8 Å². The zero-order valence-electron chi connectivity index (χ0n) is 22.8. The van der Waals surface area contributed by atoms with E-state index in [-0.39, 0.29) is 40.4 Å². The van der Waals surface area contributed by atoms with Gasteiger partial charge in [-0.05, 0) is 12.5 Å². The van der Waals surface area contributed by atoms with Gasteiger partial charge in [-0.25, -0.2) is 28.5 Å². The molecular weight excluding hydrogens is 647 g/mol.